The van der Waals surface area contributed by atoms with E-state index in [0.717, 1.165) is 9.90 Å². The molecule has 1 aromatic heterocycles. The molecule has 3 nitrogen and oxygen atoms in total. The van der Waals surface area contributed by atoms with Crippen LogP contribution in [0.5, 0.6) is 0 Å². The Morgan fingerprint density at radius 1 is 1.44 bits per heavy atom. The number of thioether (sulfide) groups is 1. The Kier molecular flexibility index (Phi) is 4.70. The molecule has 0 fully saturated rings. The standard InChI is InChI=1S/C12H9FN2OS2/c13-11-4-3-10(9(6-11)2-1-5-16)7-17-12-15-14-8-18-12/h3-4,6,8,16H,5,7H2. The first-order valence-electron chi connectivity index (χ1n) is 5.06. The molecule has 0 aliphatic carbocycles. The third kappa shape index (κ3) is 3.53. The summed E-state index contributed by atoms with van der Waals surface area (Å²) in [5.41, 5.74) is 3.18. The molecule has 1 N–H and O–H groups in total. The molecule has 0 atom stereocenters. The fourth-order valence-corrected chi connectivity index (χ4v) is 2.78. The first-order valence-corrected chi connectivity index (χ1v) is 6.93. The molecule has 0 saturated carbocycles. The SMILES string of the molecule is OCC#Cc1cc(F)ccc1CSc1nncs1. The van der Waals surface area contributed by atoms with Crippen molar-refractivity contribution in [3.63, 3.8) is 0 Å². The molecule has 92 valence electrons. The molecule has 0 aliphatic heterocycles. The summed E-state index contributed by atoms with van der Waals surface area (Å²) >= 11 is 2.99. The number of benzene rings is 1. The highest BCUT2D eigenvalue weighted by atomic mass is 32.2. The van der Waals surface area contributed by atoms with Crippen molar-refractivity contribution in [2.24, 2.45) is 0 Å². The van der Waals surface area contributed by atoms with E-state index in [1.807, 2.05) is 0 Å². The minimum absolute atomic E-state index is 0.237. The molecule has 0 saturated heterocycles. The average molecular weight is 280 g/mol. The summed E-state index contributed by atoms with van der Waals surface area (Å²) in [4.78, 5) is 0. The first kappa shape index (κ1) is 13.0. The fraction of sp³-hybridized carbons (Fsp3) is 0.167. The molecule has 18 heavy (non-hydrogen) atoms. The number of halogens is 1. The van der Waals surface area contributed by atoms with Crippen molar-refractivity contribution >= 4 is 23.1 Å². The van der Waals surface area contributed by atoms with E-state index in [4.69, 9.17) is 5.11 Å². The van der Waals surface area contributed by atoms with Crippen LogP contribution in [0.1, 0.15) is 11.1 Å². The predicted molar refractivity (Wildman–Crippen MR) is 69.8 cm³/mol. The van der Waals surface area contributed by atoms with Crippen LogP contribution in [0.3, 0.4) is 0 Å². The van der Waals surface area contributed by atoms with Crippen LogP contribution in [-0.2, 0) is 5.75 Å². The van der Waals surface area contributed by atoms with Gasteiger partial charge in [-0.15, -0.1) is 10.2 Å². The van der Waals surface area contributed by atoms with Crippen LogP contribution in [0.25, 0.3) is 0 Å². The number of aliphatic hydroxyl groups excluding tert-OH is 1. The average Bonchev–Trinajstić information content (AvgIpc) is 2.88. The van der Waals surface area contributed by atoms with Crippen molar-refractivity contribution in [3.05, 3.63) is 40.7 Å². The van der Waals surface area contributed by atoms with Crippen molar-refractivity contribution < 1.29 is 9.50 Å². The van der Waals surface area contributed by atoms with Crippen LogP contribution < -0.4 is 0 Å². The topological polar surface area (TPSA) is 46.0 Å². The van der Waals surface area contributed by atoms with Gasteiger partial charge in [-0.1, -0.05) is 41.0 Å². The summed E-state index contributed by atoms with van der Waals surface area (Å²) in [7, 11) is 0. The van der Waals surface area contributed by atoms with Gasteiger partial charge in [-0.05, 0) is 17.7 Å². The maximum atomic E-state index is 13.1. The van der Waals surface area contributed by atoms with Crippen molar-refractivity contribution in [1.82, 2.24) is 10.2 Å². The van der Waals surface area contributed by atoms with Crippen LogP contribution in [0.15, 0.2) is 28.0 Å². The minimum Gasteiger partial charge on any atom is -0.384 e. The Bertz CT molecular complexity index is 576. The molecule has 0 amide bonds. The van der Waals surface area contributed by atoms with Gasteiger partial charge in [0.2, 0.25) is 0 Å². The van der Waals surface area contributed by atoms with E-state index < -0.39 is 0 Å². The van der Waals surface area contributed by atoms with E-state index in [9.17, 15) is 4.39 Å². The molecule has 2 aromatic rings. The second kappa shape index (κ2) is 6.50. The molecule has 2 rings (SSSR count). The van der Waals surface area contributed by atoms with Gasteiger partial charge in [0.1, 0.15) is 17.9 Å². The monoisotopic (exact) mass is 280 g/mol. The van der Waals surface area contributed by atoms with Gasteiger partial charge in [0, 0.05) is 11.3 Å². The Morgan fingerprint density at radius 3 is 3.06 bits per heavy atom. The number of rotatable bonds is 3. The van der Waals surface area contributed by atoms with Gasteiger partial charge in [0.25, 0.3) is 0 Å². The quantitative estimate of drug-likeness (QED) is 0.692. The number of nitrogens with zero attached hydrogens (tertiary/aromatic N) is 2. The van der Waals surface area contributed by atoms with E-state index in [0.29, 0.717) is 11.3 Å². The highest BCUT2D eigenvalue weighted by molar-refractivity contribution is 8.00. The predicted octanol–water partition coefficient (Wildman–Crippen LogP) is 2.31. The van der Waals surface area contributed by atoms with Gasteiger partial charge >= 0.3 is 0 Å². The van der Waals surface area contributed by atoms with Gasteiger partial charge < -0.3 is 5.11 Å². The van der Waals surface area contributed by atoms with Gasteiger partial charge in [-0.2, -0.15) is 0 Å². The maximum Gasteiger partial charge on any atom is 0.174 e. The summed E-state index contributed by atoms with van der Waals surface area (Å²) in [5.74, 6) is 5.59. The van der Waals surface area contributed by atoms with Crippen LogP contribution in [0.2, 0.25) is 0 Å². The lowest BCUT2D eigenvalue weighted by molar-refractivity contribution is 0.350. The molecule has 1 heterocycles. The highest BCUT2D eigenvalue weighted by Gasteiger charge is 2.05. The lowest BCUT2D eigenvalue weighted by atomic mass is 10.1. The number of aliphatic hydroxyl groups is 1. The van der Waals surface area contributed by atoms with Gasteiger partial charge in [0.05, 0.1) is 0 Å². The lowest BCUT2D eigenvalue weighted by Gasteiger charge is -2.03. The van der Waals surface area contributed by atoms with Crippen LogP contribution in [0.4, 0.5) is 4.39 Å². The van der Waals surface area contributed by atoms with Crippen molar-refractivity contribution in [2.75, 3.05) is 6.61 Å². The number of hydrogen-bond acceptors (Lipinski definition) is 5. The Hall–Kier alpha value is -1.42. The molecule has 6 heteroatoms. The van der Waals surface area contributed by atoms with Gasteiger partial charge in [0.15, 0.2) is 4.34 Å². The Morgan fingerprint density at radius 2 is 2.33 bits per heavy atom. The van der Waals surface area contributed by atoms with E-state index >= 15 is 0 Å². The largest absolute Gasteiger partial charge is 0.384 e. The van der Waals surface area contributed by atoms with Crippen LogP contribution in [0, 0.1) is 17.7 Å². The Balaban J connectivity index is 2.16. The van der Waals surface area contributed by atoms with Crippen LogP contribution in [-0.4, -0.2) is 21.9 Å². The third-order valence-corrected chi connectivity index (χ3v) is 3.97. The van der Waals surface area contributed by atoms with Gasteiger partial charge in [-0.3, -0.25) is 0 Å². The molecule has 0 unspecified atom stereocenters. The van der Waals surface area contributed by atoms with Crippen molar-refractivity contribution in [3.8, 4) is 11.8 Å². The molecule has 0 radical (unpaired) electrons. The molecule has 1 aromatic carbocycles. The lowest BCUT2D eigenvalue weighted by Crippen LogP contribution is -1.90. The summed E-state index contributed by atoms with van der Waals surface area (Å²) in [6.45, 7) is -0.237. The zero-order chi connectivity index (χ0) is 12.8. The smallest absolute Gasteiger partial charge is 0.174 e. The van der Waals surface area contributed by atoms with Crippen LogP contribution >= 0.6 is 23.1 Å². The normalized spacial score (nSPS) is 9.89. The van der Waals surface area contributed by atoms with Crippen molar-refractivity contribution in [1.29, 1.82) is 0 Å². The second-order valence-electron chi connectivity index (χ2n) is 3.25. The first-order chi connectivity index (χ1) is 8.79. The Labute approximate surface area is 112 Å². The fourth-order valence-electron chi connectivity index (χ4n) is 1.29. The number of aromatic nitrogens is 2. The third-order valence-electron chi connectivity index (χ3n) is 2.07. The molecule has 0 aliphatic rings. The zero-order valence-electron chi connectivity index (χ0n) is 9.26. The minimum atomic E-state index is -0.332. The van der Waals surface area contributed by atoms with E-state index in [1.165, 1.54) is 35.2 Å². The number of hydrogen-bond donors (Lipinski definition) is 1. The van der Waals surface area contributed by atoms with E-state index in [1.54, 1.807) is 11.6 Å². The molecular weight excluding hydrogens is 271 g/mol. The zero-order valence-corrected chi connectivity index (χ0v) is 10.9. The van der Waals surface area contributed by atoms with Gasteiger partial charge in [-0.25, -0.2) is 4.39 Å². The molecule has 0 spiro atoms. The van der Waals surface area contributed by atoms with E-state index in [-0.39, 0.29) is 12.4 Å². The van der Waals surface area contributed by atoms with E-state index in [2.05, 4.69) is 22.0 Å². The summed E-state index contributed by atoms with van der Waals surface area (Å²) in [6, 6.07) is 4.48. The summed E-state index contributed by atoms with van der Waals surface area (Å²) in [6.07, 6.45) is 0. The highest BCUT2D eigenvalue weighted by Crippen LogP contribution is 2.25. The molecule has 0 bridgehead atoms. The van der Waals surface area contributed by atoms with Crippen molar-refractivity contribution in [2.45, 2.75) is 10.1 Å². The second-order valence-corrected chi connectivity index (χ2v) is 5.31. The summed E-state index contributed by atoms with van der Waals surface area (Å²) < 4.78 is 14.0. The maximum absolute atomic E-state index is 13.1. The summed E-state index contributed by atoms with van der Waals surface area (Å²) in [5, 5.41) is 16.3. The molecular formula is C12H9FN2OS2.